The number of urea groups is 1. The van der Waals surface area contributed by atoms with Crippen molar-refractivity contribution in [3.05, 3.63) is 60.2 Å². The Kier molecular flexibility index (Phi) is 4.41. The highest BCUT2D eigenvalue weighted by Crippen LogP contribution is 2.18. The highest BCUT2D eigenvalue weighted by atomic mass is 19.1. The number of carbonyl (C=O) groups excluding carboxylic acids is 1. The van der Waals surface area contributed by atoms with Crippen molar-refractivity contribution in [3.63, 3.8) is 0 Å². The first-order valence-corrected chi connectivity index (χ1v) is 7.44. The average molecular weight is 317 g/mol. The molecule has 1 fully saturated rings. The van der Waals surface area contributed by atoms with E-state index in [0.717, 1.165) is 5.69 Å². The fourth-order valence-electron chi connectivity index (χ4n) is 2.61. The second kappa shape index (κ2) is 6.64. The molecule has 0 bridgehead atoms. The molecule has 1 heterocycles. The summed E-state index contributed by atoms with van der Waals surface area (Å²) in [4.78, 5) is 15.9. The van der Waals surface area contributed by atoms with Crippen molar-refractivity contribution in [2.24, 2.45) is 0 Å². The topological polar surface area (TPSA) is 35.6 Å². The molecule has 1 N–H and O–H groups in total. The fourth-order valence-corrected chi connectivity index (χ4v) is 2.61. The lowest BCUT2D eigenvalue weighted by Crippen LogP contribution is -2.50. The number of benzene rings is 2. The van der Waals surface area contributed by atoms with E-state index in [0.29, 0.717) is 31.9 Å². The zero-order chi connectivity index (χ0) is 16.2. The van der Waals surface area contributed by atoms with Crippen LogP contribution in [0.2, 0.25) is 0 Å². The summed E-state index contributed by atoms with van der Waals surface area (Å²) in [6, 6.07) is 12.0. The quantitative estimate of drug-likeness (QED) is 0.922. The van der Waals surface area contributed by atoms with Gasteiger partial charge in [0, 0.05) is 37.6 Å². The zero-order valence-electron chi connectivity index (χ0n) is 12.5. The lowest BCUT2D eigenvalue weighted by molar-refractivity contribution is 0.208. The predicted octanol–water partition coefficient (Wildman–Crippen LogP) is 3.32. The van der Waals surface area contributed by atoms with Crippen molar-refractivity contribution in [1.82, 2.24) is 4.90 Å². The van der Waals surface area contributed by atoms with E-state index in [-0.39, 0.29) is 11.8 Å². The van der Waals surface area contributed by atoms with Crippen molar-refractivity contribution in [2.45, 2.75) is 0 Å². The minimum atomic E-state index is -0.390. The molecule has 3 rings (SSSR count). The number of rotatable bonds is 2. The number of hydrogen-bond acceptors (Lipinski definition) is 2. The van der Waals surface area contributed by atoms with Gasteiger partial charge in [-0.1, -0.05) is 12.1 Å². The molecule has 2 aromatic rings. The molecule has 2 amide bonds. The average Bonchev–Trinajstić information content (AvgIpc) is 2.55. The van der Waals surface area contributed by atoms with Gasteiger partial charge < -0.3 is 15.1 Å². The van der Waals surface area contributed by atoms with E-state index in [1.807, 2.05) is 11.0 Å². The molecule has 0 spiro atoms. The van der Waals surface area contributed by atoms with Crippen molar-refractivity contribution < 1.29 is 13.6 Å². The van der Waals surface area contributed by atoms with Crippen LogP contribution in [0.1, 0.15) is 0 Å². The Morgan fingerprint density at radius 3 is 2.22 bits per heavy atom. The van der Waals surface area contributed by atoms with Crippen molar-refractivity contribution >= 4 is 17.4 Å². The van der Waals surface area contributed by atoms with Gasteiger partial charge in [-0.2, -0.15) is 0 Å². The second-order valence-corrected chi connectivity index (χ2v) is 5.39. The van der Waals surface area contributed by atoms with Gasteiger partial charge in [0.2, 0.25) is 0 Å². The Hall–Kier alpha value is -2.63. The maximum Gasteiger partial charge on any atom is 0.321 e. The first kappa shape index (κ1) is 15.3. The molecule has 1 saturated heterocycles. The summed E-state index contributed by atoms with van der Waals surface area (Å²) >= 11 is 0. The van der Waals surface area contributed by atoms with Crippen LogP contribution in [0, 0.1) is 11.6 Å². The molecule has 0 radical (unpaired) electrons. The number of nitrogens with one attached hydrogen (secondary N) is 1. The number of nitrogens with zero attached hydrogens (tertiary/aromatic N) is 2. The van der Waals surface area contributed by atoms with E-state index < -0.39 is 5.82 Å². The number of anilines is 2. The molecule has 4 nitrogen and oxygen atoms in total. The molecule has 0 atom stereocenters. The van der Waals surface area contributed by atoms with E-state index in [2.05, 4.69) is 5.32 Å². The standard InChI is InChI=1S/C17H17F2N3O/c18-13-3-1-5-15(11-13)20-17(23)22-9-7-21(8-10-22)16-6-2-4-14(19)12-16/h1-6,11-12H,7-10H2,(H,20,23). The Morgan fingerprint density at radius 2 is 1.57 bits per heavy atom. The van der Waals surface area contributed by atoms with Gasteiger partial charge in [-0.3, -0.25) is 0 Å². The Bertz CT molecular complexity index is 700. The van der Waals surface area contributed by atoms with Crippen LogP contribution < -0.4 is 10.2 Å². The highest BCUT2D eigenvalue weighted by molar-refractivity contribution is 5.89. The van der Waals surface area contributed by atoms with Gasteiger partial charge in [0.1, 0.15) is 11.6 Å². The van der Waals surface area contributed by atoms with Crippen LogP contribution >= 0.6 is 0 Å². The summed E-state index contributed by atoms with van der Waals surface area (Å²) < 4.78 is 26.4. The first-order valence-electron chi connectivity index (χ1n) is 7.44. The molecule has 1 aliphatic rings. The van der Waals surface area contributed by atoms with Crippen LogP contribution in [0.5, 0.6) is 0 Å². The molecule has 0 aromatic heterocycles. The van der Waals surface area contributed by atoms with Gasteiger partial charge in [0.25, 0.3) is 0 Å². The fraction of sp³-hybridized carbons (Fsp3) is 0.235. The number of carbonyl (C=O) groups is 1. The van der Waals surface area contributed by atoms with Crippen molar-refractivity contribution in [2.75, 3.05) is 36.4 Å². The van der Waals surface area contributed by atoms with E-state index in [4.69, 9.17) is 0 Å². The highest BCUT2D eigenvalue weighted by Gasteiger charge is 2.21. The number of halogens is 2. The first-order chi connectivity index (χ1) is 11.1. The van der Waals surface area contributed by atoms with E-state index in [1.54, 1.807) is 23.1 Å². The third-order valence-electron chi connectivity index (χ3n) is 3.82. The maximum atomic E-state index is 13.3. The summed E-state index contributed by atoms with van der Waals surface area (Å²) in [6.45, 7) is 2.30. The number of amides is 2. The summed E-state index contributed by atoms with van der Waals surface area (Å²) in [7, 11) is 0. The molecule has 120 valence electrons. The van der Waals surface area contributed by atoms with Gasteiger partial charge in [-0.05, 0) is 36.4 Å². The van der Waals surface area contributed by atoms with Crippen LogP contribution in [0.15, 0.2) is 48.5 Å². The lowest BCUT2D eigenvalue weighted by atomic mass is 10.2. The van der Waals surface area contributed by atoms with Gasteiger partial charge in [0.15, 0.2) is 0 Å². The van der Waals surface area contributed by atoms with Crippen LogP contribution in [-0.4, -0.2) is 37.1 Å². The molecular formula is C17H17F2N3O. The summed E-state index contributed by atoms with van der Waals surface area (Å²) in [5.74, 6) is -0.660. The zero-order valence-corrected chi connectivity index (χ0v) is 12.5. The van der Waals surface area contributed by atoms with E-state index in [1.165, 1.54) is 24.3 Å². The molecule has 23 heavy (non-hydrogen) atoms. The summed E-state index contributed by atoms with van der Waals surface area (Å²) in [5.41, 5.74) is 1.25. The Balaban J connectivity index is 1.57. The molecule has 1 aliphatic heterocycles. The SMILES string of the molecule is O=C(Nc1cccc(F)c1)N1CCN(c2cccc(F)c2)CC1. The van der Waals surface area contributed by atoms with Crippen LogP contribution in [0.25, 0.3) is 0 Å². The summed E-state index contributed by atoms with van der Waals surface area (Å²) in [6.07, 6.45) is 0. The number of hydrogen-bond donors (Lipinski definition) is 1. The normalized spacial score (nSPS) is 14.7. The lowest BCUT2D eigenvalue weighted by Gasteiger charge is -2.36. The Labute approximate surface area is 133 Å². The van der Waals surface area contributed by atoms with Crippen LogP contribution in [-0.2, 0) is 0 Å². The molecule has 6 heteroatoms. The van der Waals surface area contributed by atoms with Crippen molar-refractivity contribution in [1.29, 1.82) is 0 Å². The smallest absolute Gasteiger partial charge is 0.321 e. The minimum absolute atomic E-state index is 0.255. The minimum Gasteiger partial charge on any atom is -0.368 e. The van der Waals surface area contributed by atoms with Crippen LogP contribution in [0.4, 0.5) is 25.0 Å². The number of piperazine rings is 1. The van der Waals surface area contributed by atoms with E-state index >= 15 is 0 Å². The third-order valence-corrected chi connectivity index (χ3v) is 3.82. The molecule has 0 unspecified atom stereocenters. The Morgan fingerprint density at radius 1 is 0.913 bits per heavy atom. The van der Waals surface area contributed by atoms with Gasteiger partial charge in [0.05, 0.1) is 0 Å². The van der Waals surface area contributed by atoms with Crippen LogP contribution in [0.3, 0.4) is 0 Å². The molecule has 0 aliphatic carbocycles. The molecular weight excluding hydrogens is 300 g/mol. The summed E-state index contributed by atoms with van der Waals surface area (Å²) in [5, 5.41) is 2.68. The van der Waals surface area contributed by atoms with E-state index in [9.17, 15) is 13.6 Å². The van der Waals surface area contributed by atoms with Gasteiger partial charge >= 0.3 is 6.03 Å². The predicted molar refractivity (Wildman–Crippen MR) is 85.6 cm³/mol. The monoisotopic (exact) mass is 317 g/mol. The largest absolute Gasteiger partial charge is 0.368 e. The van der Waals surface area contributed by atoms with Gasteiger partial charge in [-0.15, -0.1) is 0 Å². The van der Waals surface area contributed by atoms with Gasteiger partial charge in [-0.25, -0.2) is 13.6 Å². The second-order valence-electron chi connectivity index (χ2n) is 5.39. The van der Waals surface area contributed by atoms with Crippen molar-refractivity contribution in [3.8, 4) is 0 Å². The maximum absolute atomic E-state index is 13.3. The molecule has 0 saturated carbocycles. The molecule has 2 aromatic carbocycles. The third kappa shape index (κ3) is 3.77.